The minimum atomic E-state index is -1.72. The molecule has 0 radical (unpaired) electrons. The van der Waals surface area contributed by atoms with Gasteiger partial charge in [0.25, 0.3) is 0 Å². The molecule has 0 aliphatic heterocycles. The summed E-state index contributed by atoms with van der Waals surface area (Å²) >= 11 is 3.83. The largest absolute Gasteiger partial charge is 0.643 e. The molecule has 0 fully saturated rings. The summed E-state index contributed by atoms with van der Waals surface area (Å²) in [7, 11) is 14.8. The first-order valence-electron chi connectivity index (χ1n) is 5.99. The average Bonchev–Trinajstić information content (AvgIpc) is 2.35. The highest BCUT2D eigenvalue weighted by atomic mass is 35.8. The molecular formula is C13H17AlCl4O. The van der Waals surface area contributed by atoms with Crippen LogP contribution in [0.2, 0.25) is 0 Å². The maximum Gasteiger partial charge on any atom is 0.643 e. The molecule has 0 saturated heterocycles. The van der Waals surface area contributed by atoms with Crippen LogP contribution in [-0.2, 0) is 0 Å². The fourth-order valence-corrected chi connectivity index (χ4v) is 1.56. The second-order valence-electron chi connectivity index (χ2n) is 4.24. The molecule has 0 N–H and O–H groups in total. The lowest BCUT2D eigenvalue weighted by molar-refractivity contribution is 0.0982. The van der Waals surface area contributed by atoms with Crippen molar-refractivity contribution in [1.29, 1.82) is 0 Å². The molecule has 1 aromatic rings. The van der Waals surface area contributed by atoms with Gasteiger partial charge in [-0.3, -0.25) is 4.79 Å². The maximum atomic E-state index is 11.6. The Hall–Kier alpha value is 0.582. The molecule has 0 bridgehead atoms. The van der Waals surface area contributed by atoms with Gasteiger partial charge in [0, 0.05) is 17.9 Å². The predicted octanol–water partition coefficient (Wildman–Crippen LogP) is 5.70. The Kier molecular flexibility index (Phi) is 11.6. The monoisotopic (exact) mass is 356 g/mol. The van der Waals surface area contributed by atoms with Gasteiger partial charge in [-0.25, -0.2) is 30.1 Å². The van der Waals surface area contributed by atoms with Crippen LogP contribution in [0.15, 0.2) is 24.3 Å². The summed E-state index contributed by atoms with van der Waals surface area (Å²) in [5.74, 6) is 1.25. The molecule has 0 heterocycles. The molecule has 1 nitrogen and oxygen atoms in total. The third kappa shape index (κ3) is 10.0. The van der Waals surface area contributed by atoms with Gasteiger partial charge in [-0.05, 0) is 17.9 Å². The highest BCUT2D eigenvalue weighted by Crippen LogP contribution is 2.15. The molecule has 19 heavy (non-hydrogen) atoms. The third-order valence-corrected chi connectivity index (χ3v) is 2.70. The topological polar surface area (TPSA) is 17.1 Å². The Morgan fingerprint density at radius 1 is 1.16 bits per heavy atom. The molecule has 0 amide bonds. The van der Waals surface area contributed by atoms with Crippen LogP contribution in [0.25, 0.3) is 0 Å². The summed E-state index contributed by atoms with van der Waals surface area (Å²) in [5, 5.41) is 0. The molecule has 0 aromatic heterocycles. The molecule has 0 aliphatic carbocycles. The van der Waals surface area contributed by atoms with Crippen LogP contribution in [0.3, 0.4) is 0 Å². The highest BCUT2D eigenvalue weighted by Gasteiger charge is 2.05. The van der Waals surface area contributed by atoms with E-state index in [0.29, 0.717) is 18.2 Å². The van der Waals surface area contributed by atoms with Gasteiger partial charge in [-0.2, -0.15) is 0 Å². The zero-order chi connectivity index (χ0) is 14.8. The molecule has 0 unspecified atom stereocenters. The molecule has 106 valence electrons. The lowest BCUT2D eigenvalue weighted by Gasteiger charge is -2.06. The summed E-state index contributed by atoms with van der Waals surface area (Å²) in [4.78, 5) is 11.6. The SMILES string of the molecule is CC(C)c1ccc(C(=O)CCCCl)cc1.[Cl][Al]([Cl])[Cl]. The first kappa shape index (κ1) is 19.6. The van der Waals surface area contributed by atoms with E-state index in [4.69, 9.17) is 41.7 Å². The zero-order valence-electron chi connectivity index (χ0n) is 11.0. The summed E-state index contributed by atoms with van der Waals surface area (Å²) in [6.45, 7) is 4.29. The normalized spacial score (nSPS) is 9.84. The van der Waals surface area contributed by atoms with Gasteiger partial charge in [-0.15, -0.1) is 11.6 Å². The van der Waals surface area contributed by atoms with Crippen LogP contribution in [0, 0.1) is 0 Å². The van der Waals surface area contributed by atoms with Crippen molar-refractivity contribution in [2.45, 2.75) is 32.6 Å². The second kappa shape index (κ2) is 11.3. The van der Waals surface area contributed by atoms with Gasteiger partial charge >= 0.3 is 11.4 Å². The molecule has 0 spiro atoms. The quantitative estimate of drug-likeness (QED) is 0.375. The van der Waals surface area contributed by atoms with Gasteiger partial charge in [0.2, 0.25) is 0 Å². The molecule has 0 atom stereocenters. The Balaban J connectivity index is 0.000000711. The number of hydrogen-bond acceptors (Lipinski definition) is 1. The second-order valence-corrected chi connectivity index (χ2v) is 11.1. The lowest BCUT2D eigenvalue weighted by Crippen LogP contribution is -1.99. The molecule has 1 rings (SSSR count). The van der Waals surface area contributed by atoms with Gasteiger partial charge in [0.1, 0.15) is 0 Å². The summed E-state index contributed by atoms with van der Waals surface area (Å²) in [6, 6.07) is 7.87. The van der Waals surface area contributed by atoms with Crippen LogP contribution in [-0.4, -0.2) is 23.0 Å². The van der Waals surface area contributed by atoms with Crippen LogP contribution >= 0.6 is 41.7 Å². The number of ketones is 1. The number of carbonyl (C=O) groups excluding carboxylic acids is 1. The molecular weight excluding hydrogens is 341 g/mol. The number of Topliss-reactive ketones (excluding diaryl/α,β-unsaturated/α-hetero) is 1. The number of alkyl halides is 1. The Morgan fingerprint density at radius 2 is 1.63 bits per heavy atom. The number of benzene rings is 1. The van der Waals surface area contributed by atoms with E-state index in [2.05, 4.69) is 13.8 Å². The Morgan fingerprint density at radius 3 is 2.00 bits per heavy atom. The van der Waals surface area contributed by atoms with E-state index in [1.54, 1.807) is 0 Å². The van der Waals surface area contributed by atoms with Crippen LogP contribution < -0.4 is 0 Å². The van der Waals surface area contributed by atoms with Gasteiger partial charge in [-0.1, -0.05) is 38.1 Å². The van der Waals surface area contributed by atoms with Crippen LogP contribution in [0.4, 0.5) is 0 Å². The van der Waals surface area contributed by atoms with Crippen molar-refractivity contribution in [2.24, 2.45) is 0 Å². The van der Waals surface area contributed by atoms with Crippen molar-refractivity contribution < 1.29 is 4.79 Å². The van der Waals surface area contributed by atoms with E-state index in [9.17, 15) is 4.79 Å². The van der Waals surface area contributed by atoms with Gasteiger partial charge in [0.05, 0.1) is 0 Å². The van der Waals surface area contributed by atoms with E-state index >= 15 is 0 Å². The molecule has 6 heteroatoms. The van der Waals surface area contributed by atoms with Crippen molar-refractivity contribution in [1.82, 2.24) is 0 Å². The van der Waals surface area contributed by atoms with E-state index in [0.717, 1.165) is 12.0 Å². The van der Waals surface area contributed by atoms with E-state index in [1.165, 1.54) is 5.56 Å². The third-order valence-electron chi connectivity index (χ3n) is 2.44. The van der Waals surface area contributed by atoms with E-state index < -0.39 is 11.4 Å². The fraction of sp³-hybridized carbons (Fsp3) is 0.462. The van der Waals surface area contributed by atoms with Crippen molar-refractivity contribution in [3.63, 3.8) is 0 Å². The van der Waals surface area contributed by atoms with Crippen molar-refractivity contribution in [3.8, 4) is 0 Å². The maximum absolute atomic E-state index is 11.6. The zero-order valence-corrected chi connectivity index (χ0v) is 15.2. The summed E-state index contributed by atoms with van der Waals surface area (Å²) in [6.07, 6.45) is 1.30. The first-order valence-corrected chi connectivity index (χ1v) is 11.8. The molecule has 0 aliphatic rings. The number of hydrogen-bond donors (Lipinski definition) is 0. The number of carbonyl (C=O) groups is 1. The molecule has 0 saturated carbocycles. The van der Waals surface area contributed by atoms with Gasteiger partial charge in [0.15, 0.2) is 5.78 Å². The molecule has 1 aromatic carbocycles. The fourth-order valence-electron chi connectivity index (χ4n) is 1.43. The van der Waals surface area contributed by atoms with Crippen LogP contribution in [0.1, 0.15) is 48.5 Å². The average molecular weight is 358 g/mol. The van der Waals surface area contributed by atoms with E-state index in [1.807, 2.05) is 24.3 Å². The predicted molar refractivity (Wildman–Crippen MR) is 88.1 cm³/mol. The summed E-state index contributed by atoms with van der Waals surface area (Å²) < 4.78 is 0. The lowest BCUT2D eigenvalue weighted by atomic mass is 9.99. The summed E-state index contributed by atoms with van der Waals surface area (Å²) in [5.41, 5.74) is 2.06. The van der Waals surface area contributed by atoms with Crippen molar-refractivity contribution >= 4 is 58.9 Å². The first-order chi connectivity index (χ1) is 8.88. The minimum absolute atomic E-state index is 0.186. The highest BCUT2D eigenvalue weighted by molar-refractivity contribution is 7.54. The minimum Gasteiger partial charge on any atom is -0.294 e. The van der Waals surface area contributed by atoms with Gasteiger partial charge < -0.3 is 0 Å². The Bertz CT molecular complexity index is 363. The standard InChI is InChI=1S/C13H17ClO.Al.3ClH/c1-10(2)11-5-7-12(8-6-11)13(15)4-3-9-14;;;;/h5-8,10H,3-4,9H2,1-2H3;;3*1H/q;+3;;;/p-3. The number of rotatable bonds is 5. The van der Waals surface area contributed by atoms with E-state index in [-0.39, 0.29) is 5.78 Å². The smallest absolute Gasteiger partial charge is 0.294 e. The van der Waals surface area contributed by atoms with Crippen molar-refractivity contribution in [3.05, 3.63) is 35.4 Å². The van der Waals surface area contributed by atoms with Crippen molar-refractivity contribution in [2.75, 3.05) is 5.88 Å². The number of halogens is 4. The van der Waals surface area contributed by atoms with Crippen LogP contribution in [0.5, 0.6) is 0 Å². The Labute approximate surface area is 137 Å².